The Bertz CT molecular complexity index is 383. The number of rotatable bonds is 4. The molecule has 1 aromatic rings. The second kappa shape index (κ2) is 5.78. The Balaban J connectivity index is 2.09. The van der Waals surface area contributed by atoms with E-state index >= 15 is 0 Å². The van der Waals surface area contributed by atoms with E-state index in [1.54, 1.807) is 6.07 Å². The van der Waals surface area contributed by atoms with Gasteiger partial charge < -0.3 is 4.74 Å². The number of hydrogen-bond acceptors (Lipinski definition) is 3. The lowest BCUT2D eigenvalue weighted by molar-refractivity contribution is 0.0782. The van der Waals surface area contributed by atoms with Gasteiger partial charge in [0.15, 0.2) is 0 Å². The molecule has 1 heterocycles. The van der Waals surface area contributed by atoms with E-state index in [1.165, 1.54) is 12.1 Å². The van der Waals surface area contributed by atoms with Gasteiger partial charge in [0.05, 0.1) is 12.1 Å². The highest BCUT2D eigenvalue weighted by molar-refractivity contribution is 6.30. The molecule has 0 radical (unpaired) electrons. The maximum atomic E-state index is 13.6. The normalized spacial score (nSPS) is 21.7. The zero-order valence-corrected chi connectivity index (χ0v) is 10.2. The van der Waals surface area contributed by atoms with Crippen molar-refractivity contribution in [2.45, 2.75) is 31.4 Å². The number of nitrogens with one attached hydrogen (secondary N) is 1. The lowest BCUT2D eigenvalue weighted by Crippen LogP contribution is -2.45. The minimum absolute atomic E-state index is 0.0541. The quantitative estimate of drug-likeness (QED) is 0.642. The smallest absolute Gasteiger partial charge is 0.126 e. The zero-order chi connectivity index (χ0) is 12.3. The van der Waals surface area contributed by atoms with Gasteiger partial charge in [-0.3, -0.25) is 11.3 Å². The van der Waals surface area contributed by atoms with Crippen LogP contribution in [-0.4, -0.2) is 18.8 Å². The summed E-state index contributed by atoms with van der Waals surface area (Å²) in [5.74, 6) is 5.25. The van der Waals surface area contributed by atoms with E-state index in [-0.39, 0.29) is 18.0 Å². The first kappa shape index (κ1) is 12.8. The first-order valence-corrected chi connectivity index (χ1v) is 6.10. The topological polar surface area (TPSA) is 47.3 Å². The molecule has 0 spiro atoms. The molecule has 1 aromatic carbocycles. The summed E-state index contributed by atoms with van der Waals surface area (Å²) < 4.78 is 19.1. The van der Waals surface area contributed by atoms with Crippen molar-refractivity contribution < 1.29 is 9.13 Å². The fourth-order valence-corrected chi connectivity index (χ4v) is 2.35. The fraction of sp³-hybridized carbons (Fsp3) is 0.500. The number of hydrazine groups is 1. The molecule has 0 amide bonds. The number of halogens is 2. The third-order valence-corrected chi connectivity index (χ3v) is 3.31. The molecule has 0 bridgehead atoms. The van der Waals surface area contributed by atoms with Gasteiger partial charge >= 0.3 is 0 Å². The SMILES string of the molecule is NNC(Cc1cc(Cl)ccc1F)C1CCCO1. The zero-order valence-electron chi connectivity index (χ0n) is 9.46. The summed E-state index contributed by atoms with van der Waals surface area (Å²) in [5.41, 5.74) is 3.27. The number of hydrogen-bond donors (Lipinski definition) is 2. The average Bonchev–Trinajstić information content (AvgIpc) is 2.84. The molecule has 1 saturated heterocycles. The Morgan fingerprint density at radius 2 is 2.41 bits per heavy atom. The Morgan fingerprint density at radius 1 is 1.59 bits per heavy atom. The highest BCUT2D eigenvalue weighted by Gasteiger charge is 2.26. The van der Waals surface area contributed by atoms with Crippen molar-refractivity contribution in [1.82, 2.24) is 5.43 Å². The molecule has 3 N–H and O–H groups in total. The molecule has 2 atom stereocenters. The standard InChI is InChI=1S/C12H16ClFN2O/c13-9-3-4-10(14)8(6-9)7-11(16-15)12-2-1-5-17-12/h3-4,6,11-12,16H,1-2,5,7,15H2. The number of ether oxygens (including phenoxy) is 1. The largest absolute Gasteiger partial charge is 0.377 e. The molecule has 94 valence electrons. The predicted octanol–water partition coefficient (Wildman–Crippen LogP) is 2.03. The molecule has 0 saturated carbocycles. The van der Waals surface area contributed by atoms with Crippen molar-refractivity contribution in [2.75, 3.05) is 6.61 Å². The van der Waals surface area contributed by atoms with Crippen LogP contribution in [0.15, 0.2) is 18.2 Å². The van der Waals surface area contributed by atoms with Gasteiger partial charge in [-0.05, 0) is 43.0 Å². The van der Waals surface area contributed by atoms with Gasteiger partial charge in [0.1, 0.15) is 5.82 Å². The van der Waals surface area contributed by atoms with E-state index in [4.69, 9.17) is 22.2 Å². The van der Waals surface area contributed by atoms with E-state index < -0.39 is 0 Å². The van der Waals surface area contributed by atoms with Crippen molar-refractivity contribution in [3.63, 3.8) is 0 Å². The van der Waals surface area contributed by atoms with Crippen LogP contribution < -0.4 is 11.3 Å². The van der Waals surface area contributed by atoms with Crippen LogP contribution >= 0.6 is 11.6 Å². The minimum atomic E-state index is -0.257. The van der Waals surface area contributed by atoms with Crippen LogP contribution in [0.4, 0.5) is 4.39 Å². The van der Waals surface area contributed by atoms with Gasteiger partial charge in [-0.25, -0.2) is 4.39 Å². The van der Waals surface area contributed by atoms with Crippen molar-refractivity contribution in [3.8, 4) is 0 Å². The van der Waals surface area contributed by atoms with Crippen LogP contribution in [0.2, 0.25) is 5.02 Å². The molecule has 17 heavy (non-hydrogen) atoms. The van der Waals surface area contributed by atoms with Gasteiger partial charge in [-0.1, -0.05) is 11.6 Å². The van der Waals surface area contributed by atoms with Gasteiger partial charge in [0.2, 0.25) is 0 Å². The van der Waals surface area contributed by atoms with Crippen LogP contribution in [0.1, 0.15) is 18.4 Å². The van der Waals surface area contributed by atoms with Crippen LogP contribution in [0.25, 0.3) is 0 Å². The molecule has 1 aliphatic heterocycles. The van der Waals surface area contributed by atoms with E-state index in [9.17, 15) is 4.39 Å². The highest BCUT2D eigenvalue weighted by atomic mass is 35.5. The Kier molecular flexibility index (Phi) is 4.34. The van der Waals surface area contributed by atoms with E-state index in [1.807, 2.05) is 0 Å². The molecule has 3 nitrogen and oxygen atoms in total. The first-order chi connectivity index (χ1) is 8.20. The summed E-state index contributed by atoms with van der Waals surface area (Å²) >= 11 is 5.85. The maximum absolute atomic E-state index is 13.6. The van der Waals surface area contributed by atoms with E-state index in [0.717, 1.165) is 19.4 Å². The van der Waals surface area contributed by atoms with Gasteiger partial charge in [0, 0.05) is 11.6 Å². The summed E-state index contributed by atoms with van der Waals surface area (Å²) in [6.07, 6.45) is 2.52. The summed E-state index contributed by atoms with van der Waals surface area (Å²) in [4.78, 5) is 0. The van der Waals surface area contributed by atoms with Gasteiger partial charge in [0.25, 0.3) is 0 Å². The average molecular weight is 259 g/mol. The summed E-state index contributed by atoms with van der Waals surface area (Å²) in [6.45, 7) is 0.751. The van der Waals surface area contributed by atoms with Crippen molar-refractivity contribution >= 4 is 11.6 Å². The second-order valence-corrected chi connectivity index (χ2v) is 4.70. The van der Waals surface area contributed by atoms with Gasteiger partial charge in [-0.15, -0.1) is 0 Å². The molecule has 2 rings (SSSR count). The third-order valence-electron chi connectivity index (χ3n) is 3.08. The monoisotopic (exact) mass is 258 g/mol. The number of benzene rings is 1. The lowest BCUT2D eigenvalue weighted by Gasteiger charge is -2.22. The lowest BCUT2D eigenvalue weighted by atomic mass is 9.99. The predicted molar refractivity (Wildman–Crippen MR) is 65.2 cm³/mol. The van der Waals surface area contributed by atoms with Crippen LogP contribution in [0.3, 0.4) is 0 Å². The minimum Gasteiger partial charge on any atom is -0.377 e. The highest BCUT2D eigenvalue weighted by Crippen LogP contribution is 2.21. The van der Waals surface area contributed by atoms with E-state index in [0.29, 0.717) is 17.0 Å². The van der Waals surface area contributed by atoms with Gasteiger partial charge in [-0.2, -0.15) is 0 Å². The molecule has 5 heteroatoms. The first-order valence-electron chi connectivity index (χ1n) is 5.72. The van der Waals surface area contributed by atoms with Crippen molar-refractivity contribution in [2.24, 2.45) is 5.84 Å². The fourth-order valence-electron chi connectivity index (χ4n) is 2.15. The maximum Gasteiger partial charge on any atom is 0.126 e. The molecule has 0 aliphatic carbocycles. The summed E-state index contributed by atoms with van der Waals surface area (Å²) in [5, 5.41) is 0.532. The molecule has 1 fully saturated rings. The van der Waals surface area contributed by atoms with Crippen molar-refractivity contribution in [3.05, 3.63) is 34.6 Å². The van der Waals surface area contributed by atoms with E-state index in [2.05, 4.69) is 5.43 Å². The Morgan fingerprint density at radius 3 is 3.06 bits per heavy atom. The Labute approximate surface area is 105 Å². The Hall–Kier alpha value is -0.680. The van der Waals surface area contributed by atoms with Crippen molar-refractivity contribution in [1.29, 1.82) is 0 Å². The van der Waals surface area contributed by atoms with Crippen LogP contribution in [-0.2, 0) is 11.2 Å². The van der Waals surface area contributed by atoms with Crippen LogP contribution in [0.5, 0.6) is 0 Å². The molecular formula is C12H16ClFN2O. The summed E-state index contributed by atoms with van der Waals surface area (Å²) in [6, 6.07) is 4.47. The van der Waals surface area contributed by atoms with Crippen LogP contribution in [0, 0.1) is 5.82 Å². The molecule has 2 unspecified atom stereocenters. The second-order valence-electron chi connectivity index (χ2n) is 4.26. The number of nitrogens with two attached hydrogens (primary N) is 1. The molecule has 0 aromatic heterocycles. The molecular weight excluding hydrogens is 243 g/mol. The summed E-state index contributed by atoms with van der Waals surface area (Å²) in [7, 11) is 0. The third kappa shape index (κ3) is 3.16. The molecule has 1 aliphatic rings.